The molecule has 18 heavy (non-hydrogen) atoms. The van der Waals surface area contributed by atoms with Crippen molar-refractivity contribution in [3.05, 3.63) is 18.2 Å². The first kappa shape index (κ1) is 13.3. The Morgan fingerprint density at radius 2 is 1.78 bits per heavy atom. The second-order valence-electron chi connectivity index (χ2n) is 5.90. The van der Waals surface area contributed by atoms with Gasteiger partial charge < -0.3 is 4.57 Å². The van der Waals surface area contributed by atoms with Crippen LogP contribution in [0.2, 0.25) is 0 Å². The topological polar surface area (TPSA) is 43.6 Å². The maximum absolute atomic E-state index is 4.76. The third-order valence-electron chi connectivity index (χ3n) is 3.11. The summed E-state index contributed by atoms with van der Waals surface area (Å²) >= 11 is 1.77. The van der Waals surface area contributed by atoms with Crippen molar-refractivity contribution in [1.82, 2.24) is 19.5 Å². The molecule has 0 aliphatic carbocycles. The monoisotopic (exact) mass is 264 g/mol. The fourth-order valence-electron chi connectivity index (χ4n) is 1.68. The highest BCUT2D eigenvalue weighted by molar-refractivity contribution is 7.99. The molecule has 2 heterocycles. The molecule has 4 nitrogen and oxygen atoms in total. The zero-order valence-corrected chi connectivity index (χ0v) is 12.7. The molecule has 2 aromatic heterocycles. The van der Waals surface area contributed by atoms with Gasteiger partial charge in [-0.2, -0.15) is 11.8 Å². The Morgan fingerprint density at radius 1 is 1.11 bits per heavy atom. The number of rotatable bonds is 2. The molecule has 0 bridgehead atoms. The summed E-state index contributed by atoms with van der Waals surface area (Å²) in [5, 5.41) is 0. The number of fused-ring (bicyclic) bond motifs is 1. The maximum Gasteiger partial charge on any atom is 0.197 e. The van der Waals surface area contributed by atoms with Gasteiger partial charge in [0.05, 0.1) is 23.0 Å². The summed E-state index contributed by atoms with van der Waals surface area (Å²) in [6.45, 7) is 10.7. The Hall–Kier alpha value is -1.10. The number of hydrogen-bond acceptors (Lipinski definition) is 4. The maximum atomic E-state index is 4.76. The Labute approximate surface area is 112 Å². The van der Waals surface area contributed by atoms with E-state index in [9.17, 15) is 0 Å². The molecule has 0 aliphatic heterocycles. The van der Waals surface area contributed by atoms with Crippen molar-refractivity contribution in [3.8, 4) is 0 Å². The third-order valence-corrected chi connectivity index (χ3v) is 4.34. The molecule has 0 radical (unpaired) electrons. The quantitative estimate of drug-likeness (QED) is 0.835. The van der Waals surface area contributed by atoms with Crippen LogP contribution in [0.5, 0.6) is 0 Å². The molecule has 0 amide bonds. The molecule has 0 N–H and O–H groups in total. The number of aromatic nitrogens is 4. The van der Waals surface area contributed by atoms with E-state index in [1.54, 1.807) is 11.8 Å². The highest BCUT2D eigenvalue weighted by atomic mass is 32.2. The van der Waals surface area contributed by atoms with Gasteiger partial charge in [0.1, 0.15) is 0 Å². The van der Waals surface area contributed by atoms with Crippen molar-refractivity contribution in [3.63, 3.8) is 0 Å². The van der Waals surface area contributed by atoms with E-state index in [1.165, 1.54) is 0 Å². The summed E-state index contributed by atoms with van der Waals surface area (Å²) < 4.78 is 2.05. The first-order valence-electron chi connectivity index (χ1n) is 6.02. The van der Waals surface area contributed by atoms with Gasteiger partial charge in [-0.15, -0.1) is 0 Å². The largest absolute Gasteiger partial charge is 0.308 e. The van der Waals surface area contributed by atoms with Crippen LogP contribution in [0, 0.1) is 0 Å². The van der Waals surface area contributed by atoms with E-state index in [-0.39, 0.29) is 10.3 Å². The number of imidazole rings is 1. The van der Waals surface area contributed by atoms with Gasteiger partial charge in [0, 0.05) is 5.54 Å². The van der Waals surface area contributed by atoms with Crippen molar-refractivity contribution in [1.29, 1.82) is 0 Å². The molecule has 0 spiro atoms. The standard InChI is InChI=1S/C13H20N4S/c1-12(2,3)17-8-15-10-11(17)16-9(7-14-10)13(4,5)18-6/h7-8H,1-6H3. The van der Waals surface area contributed by atoms with Crippen molar-refractivity contribution in [2.24, 2.45) is 0 Å². The number of nitrogens with zero attached hydrogens (tertiary/aromatic N) is 4. The summed E-state index contributed by atoms with van der Waals surface area (Å²) in [4.78, 5) is 13.5. The van der Waals surface area contributed by atoms with Gasteiger partial charge in [-0.1, -0.05) is 0 Å². The first-order chi connectivity index (χ1) is 8.25. The summed E-state index contributed by atoms with van der Waals surface area (Å²) in [6, 6.07) is 0. The van der Waals surface area contributed by atoms with Crippen LogP contribution in [0.1, 0.15) is 40.3 Å². The zero-order valence-electron chi connectivity index (χ0n) is 11.9. The Kier molecular flexibility index (Phi) is 3.13. The van der Waals surface area contributed by atoms with E-state index >= 15 is 0 Å². The highest BCUT2D eigenvalue weighted by Gasteiger charge is 2.24. The third kappa shape index (κ3) is 2.23. The SMILES string of the molecule is CSC(C)(C)c1cnc2ncn(C(C)(C)C)c2n1. The number of thioether (sulfide) groups is 1. The summed E-state index contributed by atoms with van der Waals surface area (Å²) in [5.74, 6) is 0. The van der Waals surface area contributed by atoms with E-state index < -0.39 is 0 Å². The molecule has 0 aromatic carbocycles. The highest BCUT2D eigenvalue weighted by Crippen LogP contribution is 2.32. The van der Waals surface area contributed by atoms with Crippen LogP contribution in [0.3, 0.4) is 0 Å². The smallest absolute Gasteiger partial charge is 0.197 e. The Balaban J connectivity index is 2.63. The normalized spacial score (nSPS) is 13.2. The minimum atomic E-state index is -0.0362. The Bertz CT molecular complexity index is 566. The first-order valence-corrected chi connectivity index (χ1v) is 7.24. The summed E-state index contributed by atoms with van der Waals surface area (Å²) in [6.07, 6.45) is 5.74. The van der Waals surface area contributed by atoms with Gasteiger partial charge in [-0.3, -0.25) is 0 Å². The molecule has 0 saturated heterocycles. The predicted molar refractivity (Wildman–Crippen MR) is 76.9 cm³/mol. The minimum Gasteiger partial charge on any atom is -0.308 e. The van der Waals surface area contributed by atoms with E-state index in [2.05, 4.69) is 55.4 Å². The van der Waals surface area contributed by atoms with Gasteiger partial charge in [-0.05, 0) is 40.9 Å². The summed E-state index contributed by atoms with van der Waals surface area (Å²) in [5.41, 5.74) is 2.53. The molecule has 2 rings (SSSR count). The van der Waals surface area contributed by atoms with Crippen LogP contribution < -0.4 is 0 Å². The average molecular weight is 264 g/mol. The molecule has 0 saturated carbocycles. The fourth-order valence-corrected chi connectivity index (χ4v) is 1.99. The molecular formula is C13H20N4S. The fraction of sp³-hybridized carbons (Fsp3) is 0.615. The van der Waals surface area contributed by atoms with Crippen LogP contribution in [0.25, 0.3) is 11.3 Å². The van der Waals surface area contributed by atoms with Gasteiger partial charge in [0.2, 0.25) is 0 Å². The molecule has 5 heteroatoms. The van der Waals surface area contributed by atoms with Crippen molar-refractivity contribution < 1.29 is 0 Å². The van der Waals surface area contributed by atoms with Crippen LogP contribution in [0.15, 0.2) is 12.5 Å². The van der Waals surface area contributed by atoms with Crippen molar-refractivity contribution in [2.45, 2.75) is 44.9 Å². The number of hydrogen-bond donors (Lipinski definition) is 0. The van der Waals surface area contributed by atoms with Gasteiger partial charge in [-0.25, -0.2) is 15.0 Å². The Morgan fingerprint density at radius 3 is 2.33 bits per heavy atom. The molecule has 0 atom stereocenters. The van der Waals surface area contributed by atoms with Gasteiger partial charge in [0.15, 0.2) is 11.3 Å². The molecule has 2 aromatic rings. The lowest BCUT2D eigenvalue weighted by atomic mass is 10.1. The molecule has 0 unspecified atom stereocenters. The van der Waals surface area contributed by atoms with Gasteiger partial charge in [0.25, 0.3) is 0 Å². The molecule has 98 valence electrons. The molecular weight excluding hydrogens is 244 g/mol. The lowest BCUT2D eigenvalue weighted by Gasteiger charge is -2.23. The summed E-state index contributed by atoms with van der Waals surface area (Å²) in [7, 11) is 0. The van der Waals surface area contributed by atoms with Crippen molar-refractivity contribution in [2.75, 3.05) is 6.26 Å². The van der Waals surface area contributed by atoms with E-state index in [0.717, 1.165) is 11.3 Å². The van der Waals surface area contributed by atoms with E-state index in [4.69, 9.17) is 4.98 Å². The lowest BCUT2D eigenvalue weighted by Crippen LogP contribution is -2.22. The predicted octanol–water partition coefficient (Wildman–Crippen LogP) is 3.18. The average Bonchev–Trinajstić information content (AvgIpc) is 2.71. The van der Waals surface area contributed by atoms with Crippen LogP contribution in [-0.4, -0.2) is 25.8 Å². The second-order valence-corrected chi connectivity index (χ2v) is 7.33. The zero-order chi connectivity index (χ0) is 13.6. The van der Waals surface area contributed by atoms with Crippen LogP contribution in [-0.2, 0) is 10.3 Å². The second kappa shape index (κ2) is 4.23. The van der Waals surface area contributed by atoms with Crippen LogP contribution in [0.4, 0.5) is 0 Å². The van der Waals surface area contributed by atoms with E-state index in [0.29, 0.717) is 5.65 Å². The van der Waals surface area contributed by atoms with Crippen molar-refractivity contribution >= 4 is 23.1 Å². The van der Waals surface area contributed by atoms with E-state index in [1.807, 2.05) is 12.5 Å². The minimum absolute atomic E-state index is 0.0336. The van der Waals surface area contributed by atoms with Crippen LogP contribution >= 0.6 is 11.8 Å². The lowest BCUT2D eigenvalue weighted by molar-refractivity contribution is 0.405. The van der Waals surface area contributed by atoms with Gasteiger partial charge >= 0.3 is 0 Å². The molecule has 0 aliphatic rings. The molecule has 0 fully saturated rings.